The Morgan fingerprint density at radius 1 is 0.917 bits per heavy atom. The minimum Gasteiger partial charge on any atom is -0.444 e. The number of rotatable bonds is 24. The molecule has 1 fully saturated rings. The van der Waals surface area contributed by atoms with Gasteiger partial charge in [-0.25, -0.2) is 9.36 Å². The fraction of sp³-hybridized carbons (Fsp3) is 0.622. The number of phosphoric acid groups is 1. The smallest absolute Gasteiger partial charge is 0.444 e. The van der Waals surface area contributed by atoms with Gasteiger partial charge in [-0.1, -0.05) is 114 Å². The van der Waals surface area contributed by atoms with Gasteiger partial charge in [-0.15, -0.1) is 0 Å². The van der Waals surface area contributed by atoms with Crippen molar-refractivity contribution in [1.82, 2.24) is 25.4 Å². The Kier molecular flexibility index (Phi) is 22.6. The van der Waals surface area contributed by atoms with Gasteiger partial charge >= 0.3 is 13.9 Å². The number of nitrogens with zero attached hydrogens (tertiary/aromatic N) is 2. The standard InChI is InChI=1S/C39H56ClN4O8P.C6H15N/c1-39(2,3)51-38(47)44-25-18-22-34(44)37(46)43-33(27-29-28-42-32-21-14-12-19-30(29)32)36(45)41-24-16-10-8-6-4-5-7-9-11-17-26-50-53(48,49)52-35-23-15-13-20-31(35)40;1-4-7(5-2)6-3/h12-15,19-21,23,28,33-34,42H,4-11,16-18,22,24-27H2,1-3H3,(H,41,45)(H,43,46)(H,48,49);4-6H2,1-3H3/t33-,34-;/m1./s1. The van der Waals surface area contributed by atoms with Crippen molar-refractivity contribution in [3.05, 3.63) is 65.3 Å². The zero-order valence-corrected chi connectivity index (χ0v) is 38.5. The molecule has 0 saturated carbocycles. The van der Waals surface area contributed by atoms with Gasteiger partial charge in [0.1, 0.15) is 23.4 Å². The minimum absolute atomic E-state index is 0.117. The average Bonchev–Trinajstić information content (AvgIpc) is 3.87. The first-order chi connectivity index (χ1) is 28.7. The number of amides is 3. The van der Waals surface area contributed by atoms with E-state index in [1.807, 2.05) is 30.5 Å². The fourth-order valence-corrected chi connectivity index (χ4v) is 8.12. The van der Waals surface area contributed by atoms with Gasteiger partial charge < -0.3 is 29.8 Å². The number of halogens is 1. The van der Waals surface area contributed by atoms with Crippen LogP contribution < -0.4 is 15.2 Å². The van der Waals surface area contributed by atoms with Gasteiger partial charge in [0, 0.05) is 36.6 Å². The SMILES string of the molecule is CC(C)(C)OC(=O)N1CCC[C@@H]1C(=O)N[C@H](Cc1c[nH]c2ccccc12)C(=O)NCCCCCCCCCCCCOP(=O)(O)Oc1ccccc1Cl.CCN(CC)CC. The number of carbonyl (C=O) groups excluding carboxylic acids is 3. The molecule has 3 aromatic rings. The number of H-pyrrole nitrogens is 1. The van der Waals surface area contributed by atoms with E-state index in [1.165, 1.54) is 30.6 Å². The molecule has 0 spiro atoms. The van der Waals surface area contributed by atoms with E-state index < -0.39 is 31.6 Å². The monoisotopic (exact) mass is 875 g/mol. The highest BCUT2D eigenvalue weighted by atomic mass is 35.5. The lowest BCUT2D eigenvalue weighted by Gasteiger charge is -2.29. The molecule has 13 nitrogen and oxygen atoms in total. The molecule has 1 unspecified atom stereocenters. The average molecular weight is 877 g/mol. The lowest BCUT2D eigenvalue weighted by molar-refractivity contribution is -0.131. The number of unbranched alkanes of at least 4 members (excludes halogenated alkanes) is 9. The van der Waals surface area contributed by atoms with Gasteiger partial charge in [0.15, 0.2) is 0 Å². The first kappa shape index (κ1) is 50.7. The van der Waals surface area contributed by atoms with Crippen molar-refractivity contribution in [2.45, 2.75) is 143 Å². The Labute approximate surface area is 363 Å². The maximum absolute atomic E-state index is 13.5. The van der Waals surface area contributed by atoms with Crippen LogP contribution in [0.25, 0.3) is 10.9 Å². The molecule has 0 aliphatic carbocycles. The number of aromatic nitrogens is 1. The Morgan fingerprint density at radius 2 is 1.52 bits per heavy atom. The lowest BCUT2D eigenvalue weighted by atomic mass is 10.0. The molecule has 1 aliphatic rings. The number of benzene rings is 2. The van der Waals surface area contributed by atoms with E-state index >= 15 is 0 Å². The number of phosphoric ester groups is 1. The summed E-state index contributed by atoms with van der Waals surface area (Å²) in [6.07, 6.45) is 12.8. The predicted molar refractivity (Wildman–Crippen MR) is 240 cm³/mol. The molecule has 4 rings (SSSR count). The van der Waals surface area contributed by atoms with E-state index in [1.54, 1.807) is 39.0 Å². The predicted octanol–water partition coefficient (Wildman–Crippen LogP) is 9.81. The maximum Gasteiger partial charge on any atom is 0.527 e. The van der Waals surface area contributed by atoms with Gasteiger partial charge in [0.05, 0.1) is 11.6 Å². The van der Waals surface area contributed by atoms with Crippen molar-refractivity contribution in [1.29, 1.82) is 0 Å². The molecule has 60 heavy (non-hydrogen) atoms. The second-order valence-electron chi connectivity index (χ2n) is 16.2. The zero-order chi connectivity index (χ0) is 44.0. The minimum atomic E-state index is -4.22. The first-order valence-corrected chi connectivity index (χ1v) is 23.8. The van der Waals surface area contributed by atoms with Gasteiger partial charge in [0.25, 0.3) is 0 Å². The van der Waals surface area contributed by atoms with Gasteiger partial charge in [0.2, 0.25) is 11.8 Å². The Morgan fingerprint density at radius 3 is 2.13 bits per heavy atom. The summed E-state index contributed by atoms with van der Waals surface area (Å²) in [5.74, 6) is -0.478. The van der Waals surface area contributed by atoms with Gasteiger partial charge in [-0.3, -0.25) is 23.9 Å². The molecule has 3 atom stereocenters. The van der Waals surface area contributed by atoms with E-state index in [4.69, 9.17) is 25.4 Å². The van der Waals surface area contributed by atoms with Crippen LogP contribution in [0.2, 0.25) is 5.02 Å². The van der Waals surface area contributed by atoms with Crippen molar-refractivity contribution < 1.29 is 37.6 Å². The molecule has 15 heteroatoms. The third-order valence-corrected chi connectivity index (χ3v) is 11.7. The lowest BCUT2D eigenvalue weighted by Crippen LogP contribution is -2.54. The van der Waals surface area contributed by atoms with E-state index in [0.29, 0.717) is 38.8 Å². The number of para-hydroxylation sites is 2. The van der Waals surface area contributed by atoms with Crippen LogP contribution in [0.4, 0.5) is 4.79 Å². The molecule has 0 radical (unpaired) electrons. The molecular weight excluding hydrogens is 805 g/mol. The van der Waals surface area contributed by atoms with Crippen LogP contribution in [0.5, 0.6) is 5.75 Å². The van der Waals surface area contributed by atoms with Crippen LogP contribution >= 0.6 is 19.4 Å². The molecule has 1 aromatic heterocycles. The van der Waals surface area contributed by atoms with Crippen LogP contribution in [0, 0.1) is 0 Å². The third-order valence-electron chi connectivity index (χ3n) is 10.4. The molecular formula is C45H71ClN5O8P. The summed E-state index contributed by atoms with van der Waals surface area (Å²) in [7, 11) is -4.22. The number of hydrogen-bond donors (Lipinski definition) is 4. The van der Waals surface area contributed by atoms with E-state index in [-0.39, 0.29) is 29.2 Å². The number of aromatic amines is 1. The number of ether oxygens (including phenoxy) is 1. The number of carbonyl (C=O) groups is 3. The maximum atomic E-state index is 13.5. The third kappa shape index (κ3) is 18.6. The zero-order valence-electron chi connectivity index (χ0n) is 36.8. The van der Waals surface area contributed by atoms with E-state index in [0.717, 1.165) is 74.3 Å². The van der Waals surface area contributed by atoms with Crippen LogP contribution in [0.15, 0.2) is 54.7 Å². The van der Waals surface area contributed by atoms with Crippen LogP contribution in [-0.2, 0) is 29.8 Å². The van der Waals surface area contributed by atoms with Gasteiger partial charge in [-0.05, 0) is 89.9 Å². The summed E-state index contributed by atoms with van der Waals surface area (Å²) in [4.78, 5) is 56.9. The molecule has 0 bridgehead atoms. The molecule has 3 amide bonds. The van der Waals surface area contributed by atoms with Crippen molar-refractivity contribution in [2.75, 3.05) is 39.3 Å². The number of likely N-dealkylation sites (tertiary alicyclic amines) is 1. The second kappa shape index (κ2) is 26.7. The highest BCUT2D eigenvalue weighted by Crippen LogP contribution is 2.45. The van der Waals surface area contributed by atoms with Crippen molar-refractivity contribution in [2.24, 2.45) is 0 Å². The summed E-state index contributed by atoms with van der Waals surface area (Å²) in [6.45, 7) is 16.6. The summed E-state index contributed by atoms with van der Waals surface area (Å²) in [5, 5.41) is 7.25. The van der Waals surface area contributed by atoms with E-state index in [9.17, 15) is 23.8 Å². The topological polar surface area (TPSA) is 163 Å². The molecule has 1 aliphatic heterocycles. The number of nitrogens with one attached hydrogen (secondary N) is 3. The normalized spacial score (nSPS) is 15.6. The highest BCUT2D eigenvalue weighted by molar-refractivity contribution is 7.47. The van der Waals surface area contributed by atoms with Crippen molar-refractivity contribution in [3.8, 4) is 5.75 Å². The molecule has 2 aromatic carbocycles. The number of fused-ring (bicyclic) bond motifs is 1. The summed E-state index contributed by atoms with van der Waals surface area (Å²) in [6, 6.07) is 12.8. The summed E-state index contributed by atoms with van der Waals surface area (Å²) in [5.41, 5.74) is 1.21. The van der Waals surface area contributed by atoms with Crippen molar-refractivity contribution >= 4 is 48.2 Å². The van der Waals surface area contributed by atoms with Crippen LogP contribution in [0.3, 0.4) is 0 Å². The van der Waals surface area contributed by atoms with E-state index in [2.05, 4.69) is 41.3 Å². The Bertz CT molecular complexity index is 1780. The molecule has 4 N–H and O–H groups in total. The fourth-order valence-electron chi connectivity index (χ4n) is 7.07. The molecule has 1 saturated heterocycles. The van der Waals surface area contributed by atoms with Crippen LogP contribution in [-0.4, -0.2) is 94.6 Å². The highest BCUT2D eigenvalue weighted by Gasteiger charge is 2.38. The summed E-state index contributed by atoms with van der Waals surface area (Å²) < 4.78 is 27.8. The Balaban J connectivity index is 0.00000126. The number of hydrogen-bond acceptors (Lipinski definition) is 8. The second-order valence-corrected chi connectivity index (χ2v) is 18.0. The molecule has 336 valence electrons. The first-order valence-electron chi connectivity index (χ1n) is 21.9. The molecule has 2 heterocycles. The van der Waals surface area contributed by atoms with Crippen LogP contribution in [0.1, 0.15) is 124 Å². The van der Waals surface area contributed by atoms with Crippen molar-refractivity contribution in [3.63, 3.8) is 0 Å². The quantitative estimate of drug-likeness (QED) is 0.0507. The summed E-state index contributed by atoms with van der Waals surface area (Å²) >= 11 is 5.97. The van der Waals surface area contributed by atoms with Gasteiger partial charge in [-0.2, -0.15) is 0 Å². The Hall–Kier alpha value is -3.61. The largest absolute Gasteiger partial charge is 0.527 e.